The van der Waals surface area contributed by atoms with Crippen LogP contribution in [0.4, 0.5) is 11.9 Å². The molecule has 5 aliphatic heterocycles. The van der Waals surface area contributed by atoms with Gasteiger partial charge in [0.05, 0.1) is 133 Å². The fourth-order valence-electron chi connectivity index (χ4n) is 15.2. The van der Waals surface area contributed by atoms with Crippen LogP contribution in [0.15, 0.2) is 44.5 Å². The average molecular weight is 2160 g/mol. The van der Waals surface area contributed by atoms with Crippen LogP contribution in [0, 0.1) is 76.1 Å². The highest BCUT2D eigenvalue weighted by Crippen LogP contribution is 2.56. The zero-order valence-electron chi connectivity index (χ0n) is 82.4. The Morgan fingerprint density at radius 3 is 1.44 bits per heavy atom. The zero-order valence-corrected chi connectivity index (χ0v) is 91.2. The van der Waals surface area contributed by atoms with Crippen LogP contribution < -0.4 is 53.9 Å². The van der Waals surface area contributed by atoms with Gasteiger partial charge >= 0.3 is 7.15 Å². The summed E-state index contributed by atoms with van der Waals surface area (Å²) in [5, 5.41) is 43.3. The van der Waals surface area contributed by atoms with Crippen LogP contribution in [0.3, 0.4) is 0 Å². The van der Waals surface area contributed by atoms with Crippen molar-refractivity contribution in [2.45, 2.75) is 265 Å². The van der Waals surface area contributed by atoms with E-state index in [4.69, 9.17) is 129 Å². The summed E-state index contributed by atoms with van der Waals surface area (Å²) >= 11 is 24.4. The van der Waals surface area contributed by atoms with Crippen molar-refractivity contribution < 1.29 is 83.2 Å². The van der Waals surface area contributed by atoms with Gasteiger partial charge in [-0.15, -0.1) is 9.05 Å². The van der Waals surface area contributed by atoms with Crippen molar-refractivity contribution in [2.75, 3.05) is 70.0 Å². The number of nitrogens with one attached hydrogen (secondary N) is 9. The lowest BCUT2D eigenvalue weighted by molar-refractivity contribution is -0.122. The molecule has 11 N–H and O–H groups in total. The van der Waals surface area contributed by atoms with Crippen LogP contribution in [0.2, 0.25) is 36.3 Å². The molecule has 5 fully saturated rings. The molecule has 4 unspecified atom stereocenters. The SMILES string of the molecule is CC(C)C(=O)Cc1nc2c(ncn2[C@@H]2O[C@H](COP(=S)(N[C@H]3[C@@H](O[Si](C)(C)C(C)(C)C)[C@H](n4cnc5c(=O)[nH]c(NC(=O)C(C)C)nc54)O[C@@H]3CO[P+](=S)OCCC#N)OCCC#N)[C@@H](N)[C@H]2C)c(=O)[nH]1.[C-]#[N+]CCOP1(=S)N[C@H]2[C@@H](C)[C@H](n3cnc4c(=O)[nH]c(CC(=O)C(C)C)nc43)O[C@@H]2COP(=S)(OCCC#N)N[C@H]2[C@@H](O[Si](C)(C)C(C)(C)C)[C@H](n3cnc4c(=O)[nH]c(NC(=O)C(C)C)nc43)O[C@@H]2CO1. The third-order valence-corrected chi connectivity index (χ3v) is 43.5. The van der Waals surface area contributed by atoms with E-state index in [0.717, 1.165) is 0 Å². The zero-order chi connectivity index (χ0) is 104. The van der Waals surface area contributed by atoms with Crippen LogP contribution in [0.25, 0.3) is 49.5 Å². The number of aromatic nitrogens is 16. The van der Waals surface area contributed by atoms with Gasteiger partial charge in [0.15, 0.2) is 73.7 Å². The number of hydrogen-bond acceptors (Lipinski definition) is 38. The molecule has 5 aliphatic rings. The van der Waals surface area contributed by atoms with Gasteiger partial charge in [-0.3, -0.25) is 77.2 Å². The van der Waals surface area contributed by atoms with E-state index in [2.05, 4.69) is 170 Å². The molecule has 0 bridgehead atoms. The number of nitrogens with two attached hydrogens (primary N) is 1. The summed E-state index contributed by atoms with van der Waals surface area (Å²) in [5.41, 5.74) is 5.23. The van der Waals surface area contributed by atoms with E-state index in [1.54, 1.807) is 73.7 Å². The molecule has 2 amide bonds. The van der Waals surface area contributed by atoms with Gasteiger partial charge in [-0.05, 0) is 71.7 Å². The Labute approximate surface area is 841 Å². The quantitative estimate of drug-likeness (QED) is 0.00745. The number of nitriles is 3. The van der Waals surface area contributed by atoms with Gasteiger partial charge in [0.2, 0.25) is 42.1 Å². The maximum absolute atomic E-state index is 13.5. The Morgan fingerprint density at radius 2 is 0.979 bits per heavy atom. The van der Waals surface area contributed by atoms with Gasteiger partial charge in [0.1, 0.15) is 86.0 Å². The van der Waals surface area contributed by atoms with Gasteiger partial charge in [0, 0.05) is 41.5 Å². The number of amides is 2. The van der Waals surface area contributed by atoms with Gasteiger partial charge in [-0.25, -0.2) is 51.7 Å². The van der Waals surface area contributed by atoms with Crippen molar-refractivity contribution >= 4 is 171 Å². The van der Waals surface area contributed by atoms with Crippen molar-refractivity contribution in [1.29, 1.82) is 15.8 Å². The molecule has 0 aliphatic carbocycles. The third kappa shape index (κ3) is 26.3. The Balaban J connectivity index is 0.000000254. The average Bonchev–Trinajstić information content (AvgIpc) is 1.60. The molecule has 8 aromatic heterocycles. The number of ketones is 2. The highest BCUT2D eigenvalue weighted by molar-refractivity contribution is 8.09. The van der Waals surface area contributed by atoms with E-state index in [-0.39, 0.29) is 211 Å². The van der Waals surface area contributed by atoms with Gasteiger partial charge in [-0.2, -0.15) is 25.8 Å². The van der Waals surface area contributed by atoms with Crippen LogP contribution in [-0.4, -0.2) is 238 Å². The molecule has 0 saturated carbocycles. The number of ether oxygens (including phenoxy) is 4. The molecule has 13 heterocycles. The molecule has 0 spiro atoms. The molecule has 772 valence electrons. The molecule has 20 atom stereocenters. The Morgan fingerprint density at radius 1 is 0.570 bits per heavy atom. The summed E-state index contributed by atoms with van der Waals surface area (Å²) < 4.78 is 98.6. The number of H-pyrrole nitrogens is 4. The van der Waals surface area contributed by atoms with Gasteiger partial charge in [0.25, 0.3) is 42.2 Å². The lowest BCUT2D eigenvalue weighted by Gasteiger charge is -2.41. The molecule has 58 heteroatoms. The fourth-order valence-corrected chi connectivity index (χ4v) is 25.9. The van der Waals surface area contributed by atoms with E-state index in [1.807, 2.05) is 19.9 Å². The first-order valence-electron chi connectivity index (χ1n) is 46.2. The predicted octanol–water partition coefficient (Wildman–Crippen LogP) is 9.33. The molecule has 13 rings (SSSR count). The number of Topliss-reactive ketones (excluding diaryl/α,β-unsaturated/α-hetero) is 2. The second kappa shape index (κ2) is 46.9. The number of fused-ring (bicyclic) bond motifs is 6. The Bertz CT molecular complexity index is 6540. The predicted molar refractivity (Wildman–Crippen MR) is 540 cm³/mol. The summed E-state index contributed by atoms with van der Waals surface area (Å²) in [4.78, 5) is 154. The highest BCUT2D eigenvalue weighted by atomic mass is 32.5. The summed E-state index contributed by atoms with van der Waals surface area (Å²) in [6.45, 7) is 33.7. The molecule has 142 heavy (non-hydrogen) atoms. The monoisotopic (exact) mass is 2160 g/mol. The van der Waals surface area contributed by atoms with Gasteiger partial charge in [-0.1, -0.05) is 111 Å². The topological polar surface area (TPSA) is 614 Å². The normalized spacial score (nSPS) is 26.2. The summed E-state index contributed by atoms with van der Waals surface area (Å²) in [7, 11) is -7.45. The number of hydrogen-bond donors (Lipinski definition) is 10. The summed E-state index contributed by atoms with van der Waals surface area (Å²) in [6, 6.07) is 3.00. The van der Waals surface area contributed by atoms with Crippen LogP contribution in [0.5, 0.6) is 0 Å². The summed E-state index contributed by atoms with van der Waals surface area (Å²) in [6.07, 6.45) is -3.65. The van der Waals surface area contributed by atoms with Crippen LogP contribution in [0.1, 0.15) is 167 Å². The summed E-state index contributed by atoms with van der Waals surface area (Å²) in [5.74, 6) is -3.03. The number of nitrogens with zero attached hydrogens (tertiary/aromatic N) is 16. The standard InChI is InChI=1S/2C42H61N13O11P2S2Si/c1-22(2)25(56)17-28-47-34-31(37(58)48-28)45-20-54(34)39-24(5)29-26(64-39)18-62-68(70,60-15-12-13-43)53-30-27(19-63-67(69,52-29)61-16-14-44-9)65-40(33(30)66-71(10,11)42(6,7)8)55-21-46-32-35(55)49-41(51-38(32)59)50-36(57)23(3)4;1-22(2)25(56)17-28-48-34-31(37(58)49-28)46-20-54(34)39-24(5)29(45)26(64-39)19-63-68(70,62-16-12-14-44)53-30-27(18-61-67(69)60-15-11-13-43)65-40(33(30)66-71(9,10)42(6,7)8)55-21-47-32-35(55)50-41(52-38(32)59)51-36(57)23(3)4/h20-24,26-27,29-30,33,39-40H,12,14-19H2,1-8,10-11H3,(H,52,69)(H,53,70)(H,47,48,58)(H2,49,50,51,57,59);20-24,26-27,29-30,33,39-40H,11-12,15-19,45H2,1-10H3,(H3-,48,49,50,51,52,53,57,58,59,70)/p+1/t24-,26-,27-,29+,30-,33-,39-,40-,67?,68?;24-,26-,27-,29+,30-,33-,39-,40-,68?/m11/s1. The van der Waals surface area contributed by atoms with E-state index >= 15 is 0 Å². The van der Waals surface area contributed by atoms with Crippen molar-refractivity contribution in [1.82, 2.24) is 93.3 Å². The lowest BCUT2D eigenvalue weighted by atomic mass is 10.00. The second-order valence-corrected chi connectivity index (χ2v) is 60.1. The van der Waals surface area contributed by atoms with Crippen molar-refractivity contribution in [3.63, 3.8) is 0 Å². The van der Waals surface area contributed by atoms with E-state index in [1.165, 1.54) is 25.3 Å². The number of anilines is 2. The molecular weight excluding hydrogens is 2030 g/mol. The van der Waals surface area contributed by atoms with E-state index in [9.17, 15) is 48.9 Å². The van der Waals surface area contributed by atoms with E-state index in [0.29, 0.717) is 0 Å². The Hall–Kier alpha value is -8.18. The number of carbonyl (C=O) groups is 4. The van der Waals surface area contributed by atoms with Crippen molar-refractivity contribution in [3.8, 4) is 18.2 Å². The number of carbonyl (C=O) groups excluding carboxylic acids is 4. The minimum atomic E-state index is -3.74. The van der Waals surface area contributed by atoms with Crippen LogP contribution >= 0.6 is 27.1 Å². The highest BCUT2D eigenvalue weighted by Gasteiger charge is 2.58. The minimum Gasteiger partial charge on any atom is -0.408 e. The molecular formula is C84H123N26O22P4S4Si2+. The second-order valence-electron chi connectivity index (χ2n) is 39.1. The molecule has 0 radical (unpaired) electrons. The molecule has 48 nitrogen and oxygen atoms in total. The van der Waals surface area contributed by atoms with Gasteiger partial charge < -0.3 is 75.5 Å². The Kier molecular flexibility index (Phi) is 37.2. The van der Waals surface area contributed by atoms with Crippen molar-refractivity contribution in [3.05, 3.63) is 89.8 Å². The molecule has 5 saturated heterocycles. The lowest BCUT2D eigenvalue weighted by Crippen LogP contribution is -2.53. The molecule has 8 aromatic rings. The van der Waals surface area contributed by atoms with Crippen molar-refractivity contribution in [2.24, 2.45) is 41.2 Å². The first-order chi connectivity index (χ1) is 66.8. The van der Waals surface area contributed by atoms with Crippen LogP contribution in [-0.2, 0) is 143 Å². The number of aromatic amines is 4. The number of imidazole rings is 4. The van der Waals surface area contributed by atoms with E-state index < -0.39 is 169 Å². The third-order valence-electron chi connectivity index (χ3n) is 25.4. The maximum atomic E-state index is 13.5. The largest absolute Gasteiger partial charge is 0.521 e. The number of rotatable bonds is 38. The fraction of sp³-hybridized carbons (Fsp3) is 0.667. The smallest absolute Gasteiger partial charge is 0.408 e. The maximum Gasteiger partial charge on any atom is 0.521 e. The minimum absolute atomic E-state index is 0.0146. The first kappa shape index (κ1) is 113. The first-order valence-corrected chi connectivity index (χ1v) is 62.1. The molecule has 0 aromatic carbocycles.